The van der Waals surface area contributed by atoms with E-state index < -0.39 is 17.7 Å². The maximum Gasteiger partial charge on any atom is 0.367 e. The van der Waals surface area contributed by atoms with Crippen LogP contribution in [0.2, 0.25) is 0 Å². The Kier molecular flexibility index (Phi) is 4.15. The maximum atomic E-state index is 13.5. The molecule has 0 aromatic heterocycles. The number of hydroxylamine groups is 1. The molecule has 21 heavy (non-hydrogen) atoms. The SMILES string of the molecule is Nc1ccccc1C(=O)ON(N)C(=O)c1ccccc1F. The Morgan fingerprint density at radius 3 is 2.19 bits per heavy atom. The fourth-order valence-electron chi connectivity index (χ4n) is 1.62. The van der Waals surface area contributed by atoms with E-state index in [2.05, 4.69) is 4.84 Å². The third-order valence-electron chi connectivity index (χ3n) is 2.67. The molecule has 0 unspecified atom stereocenters. The van der Waals surface area contributed by atoms with Crippen LogP contribution in [0.1, 0.15) is 20.7 Å². The van der Waals surface area contributed by atoms with Gasteiger partial charge in [0.2, 0.25) is 0 Å². The summed E-state index contributed by atoms with van der Waals surface area (Å²) >= 11 is 0. The normalized spacial score (nSPS) is 10.0. The number of hydrogen-bond donors (Lipinski definition) is 2. The molecule has 0 aliphatic rings. The van der Waals surface area contributed by atoms with Gasteiger partial charge < -0.3 is 10.6 Å². The van der Waals surface area contributed by atoms with E-state index in [1.807, 2.05) is 0 Å². The van der Waals surface area contributed by atoms with E-state index in [9.17, 15) is 14.0 Å². The third-order valence-corrected chi connectivity index (χ3v) is 2.67. The van der Waals surface area contributed by atoms with E-state index in [0.29, 0.717) is 0 Å². The lowest BCUT2D eigenvalue weighted by atomic mass is 10.2. The second kappa shape index (κ2) is 6.02. The summed E-state index contributed by atoms with van der Waals surface area (Å²) in [6, 6.07) is 11.3. The highest BCUT2D eigenvalue weighted by Crippen LogP contribution is 2.13. The molecule has 6 nitrogen and oxygen atoms in total. The van der Waals surface area contributed by atoms with Crippen molar-refractivity contribution < 1.29 is 18.8 Å². The lowest BCUT2D eigenvalue weighted by Crippen LogP contribution is -2.39. The standard InChI is InChI=1S/C14H12FN3O3/c15-11-7-3-1-5-9(11)13(19)18(17)21-14(20)10-6-2-4-8-12(10)16/h1-8H,16-17H2. The van der Waals surface area contributed by atoms with Gasteiger partial charge in [-0.15, -0.1) is 0 Å². The van der Waals surface area contributed by atoms with Crippen molar-refractivity contribution in [1.82, 2.24) is 5.17 Å². The average Bonchev–Trinajstić information content (AvgIpc) is 2.47. The summed E-state index contributed by atoms with van der Waals surface area (Å²) in [6.45, 7) is 0. The highest BCUT2D eigenvalue weighted by atomic mass is 19.1. The van der Waals surface area contributed by atoms with Crippen molar-refractivity contribution in [3.05, 3.63) is 65.5 Å². The molecule has 7 heteroatoms. The van der Waals surface area contributed by atoms with E-state index >= 15 is 0 Å². The molecule has 1 amide bonds. The highest BCUT2D eigenvalue weighted by Gasteiger charge is 2.21. The van der Waals surface area contributed by atoms with Gasteiger partial charge >= 0.3 is 11.9 Å². The van der Waals surface area contributed by atoms with Gasteiger partial charge in [-0.05, 0) is 24.3 Å². The molecule has 4 N–H and O–H groups in total. The predicted molar refractivity (Wildman–Crippen MR) is 73.0 cm³/mol. The summed E-state index contributed by atoms with van der Waals surface area (Å²) in [6.07, 6.45) is 0. The van der Waals surface area contributed by atoms with E-state index in [-0.39, 0.29) is 22.0 Å². The summed E-state index contributed by atoms with van der Waals surface area (Å²) < 4.78 is 13.5. The van der Waals surface area contributed by atoms with E-state index in [1.165, 1.54) is 30.3 Å². The Balaban J connectivity index is 2.13. The number of carbonyl (C=O) groups excluding carboxylic acids is 2. The van der Waals surface area contributed by atoms with Crippen molar-refractivity contribution in [2.24, 2.45) is 5.84 Å². The van der Waals surface area contributed by atoms with Crippen LogP contribution in [0, 0.1) is 5.82 Å². The smallest absolute Gasteiger partial charge is 0.367 e. The van der Waals surface area contributed by atoms with Crippen molar-refractivity contribution in [1.29, 1.82) is 0 Å². The van der Waals surface area contributed by atoms with Crippen molar-refractivity contribution in [3.63, 3.8) is 0 Å². The van der Waals surface area contributed by atoms with E-state index in [4.69, 9.17) is 11.6 Å². The van der Waals surface area contributed by atoms with Crippen LogP contribution in [-0.4, -0.2) is 17.0 Å². The number of halogens is 1. The number of carbonyl (C=O) groups is 2. The number of nitrogens with zero attached hydrogens (tertiary/aromatic N) is 1. The minimum absolute atomic E-state index is 0.0503. The lowest BCUT2D eigenvalue weighted by Gasteiger charge is -2.16. The molecule has 0 bridgehead atoms. The first-order chi connectivity index (χ1) is 10.0. The Morgan fingerprint density at radius 2 is 1.57 bits per heavy atom. The summed E-state index contributed by atoms with van der Waals surface area (Å²) in [5, 5.41) is 0.174. The zero-order valence-corrected chi connectivity index (χ0v) is 10.8. The van der Waals surface area contributed by atoms with Crippen molar-refractivity contribution >= 4 is 17.6 Å². The molecule has 2 aromatic carbocycles. The Hall–Kier alpha value is -2.93. The Labute approximate surface area is 119 Å². The van der Waals surface area contributed by atoms with Gasteiger partial charge in [-0.1, -0.05) is 29.4 Å². The molecule has 2 aromatic rings. The van der Waals surface area contributed by atoms with Crippen molar-refractivity contribution in [2.45, 2.75) is 0 Å². The van der Waals surface area contributed by atoms with Gasteiger partial charge in [0.25, 0.3) is 0 Å². The van der Waals surface area contributed by atoms with Gasteiger partial charge in [-0.25, -0.2) is 15.0 Å². The number of nitrogen functional groups attached to an aromatic ring is 1. The quantitative estimate of drug-likeness (QED) is 0.378. The highest BCUT2D eigenvalue weighted by molar-refractivity contribution is 5.98. The average molecular weight is 289 g/mol. The molecule has 0 heterocycles. The third kappa shape index (κ3) is 3.15. The summed E-state index contributed by atoms with van der Waals surface area (Å²) in [7, 11) is 0. The van der Waals surface area contributed by atoms with E-state index in [1.54, 1.807) is 12.1 Å². The Bertz CT molecular complexity index is 691. The molecule has 0 fully saturated rings. The first-order valence-corrected chi connectivity index (χ1v) is 5.91. The number of para-hydroxylation sites is 1. The second-order valence-electron chi connectivity index (χ2n) is 4.08. The van der Waals surface area contributed by atoms with E-state index in [0.717, 1.165) is 6.07 Å². The molecule has 0 aliphatic carbocycles. The number of rotatable bonds is 2. The molecule has 2 rings (SSSR count). The molecule has 0 saturated heterocycles. The van der Waals surface area contributed by atoms with Crippen molar-refractivity contribution in [3.8, 4) is 0 Å². The summed E-state index contributed by atoms with van der Waals surface area (Å²) in [5.41, 5.74) is 5.52. The maximum absolute atomic E-state index is 13.5. The first-order valence-electron chi connectivity index (χ1n) is 5.91. The van der Waals surface area contributed by atoms with Gasteiger partial charge in [0.05, 0.1) is 11.1 Å². The van der Waals surface area contributed by atoms with Crippen LogP contribution in [0.5, 0.6) is 0 Å². The number of amides is 1. The van der Waals surface area contributed by atoms with Crippen LogP contribution in [0.3, 0.4) is 0 Å². The predicted octanol–water partition coefficient (Wildman–Crippen LogP) is 1.50. The van der Waals surface area contributed by atoms with Gasteiger partial charge in [0.1, 0.15) is 5.82 Å². The zero-order valence-electron chi connectivity index (χ0n) is 10.8. The number of nitrogens with two attached hydrogens (primary N) is 2. The molecular weight excluding hydrogens is 277 g/mol. The number of hydrazine groups is 1. The second-order valence-corrected chi connectivity index (χ2v) is 4.08. The van der Waals surface area contributed by atoms with Crippen LogP contribution in [0.15, 0.2) is 48.5 Å². The van der Waals surface area contributed by atoms with Gasteiger partial charge in [0.15, 0.2) is 0 Å². The summed E-state index contributed by atoms with van der Waals surface area (Å²) in [5.74, 6) is 2.66. The van der Waals surface area contributed by atoms with Gasteiger partial charge in [-0.2, -0.15) is 0 Å². The fourth-order valence-corrected chi connectivity index (χ4v) is 1.62. The molecular formula is C14H12FN3O3. The van der Waals surface area contributed by atoms with Crippen LogP contribution < -0.4 is 11.6 Å². The zero-order chi connectivity index (χ0) is 15.4. The van der Waals surface area contributed by atoms with Crippen LogP contribution >= 0.6 is 0 Å². The Morgan fingerprint density at radius 1 is 1.00 bits per heavy atom. The largest absolute Gasteiger partial charge is 0.398 e. The summed E-state index contributed by atoms with van der Waals surface area (Å²) in [4.78, 5) is 28.4. The molecule has 0 atom stereocenters. The minimum atomic E-state index is -0.990. The van der Waals surface area contributed by atoms with Crippen molar-refractivity contribution in [2.75, 3.05) is 5.73 Å². The molecule has 108 valence electrons. The fraction of sp³-hybridized carbons (Fsp3) is 0. The molecule has 0 aliphatic heterocycles. The van der Waals surface area contributed by atoms with Gasteiger partial charge in [0, 0.05) is 5.69 Å². The van der Waals surface area contributed by atoms with Crippen LogP contribution in [-0.2, 0) is 4.84 Å². The molecule has 0 spiro atoms. The minimum Gasteiger partial charge on any atom is -0.398 e. The number of hydrogen-bond acceptors (Lipinski definition) is 5. The monoisotopic (exact) mass is 289 g/mol. The lowest BCUT2D eigenvalue weighted by molar-refractivity contribution is -0.0830. The number of benzene rings is 2. The molecule has 0 radical (unpaired) electrons. The van der Waals surface area contributed by atoms with Crippen LogP contribution in [0.25, 0.3) is 0 Å². The number of anilines is 1. The topological polar surface area (TPSA) is 98.7 Å². The van der Waals surface area contributed by atoms with Crippen LogP contribution in [0.4, 0.5) is 10.1 Å². The first kappa shape index (κ1) is 14.5. The van der Waals surface area contributed by atoms with Gasteiger partial charge in [-0.3, -0.25) is 4.79 Å². The molecule has 0 saturated carbocycles.